The lowest BCUT2D eigenvalue weighted by molar-refractivity contribution is 0.521. The molecular weight excluding hydrogens is 247 g/mol. The van der Waals surface area contributed by atoms with Crippen molar-refractivity contribution in [1.29, 1.82) is 0 Å². The Morgan fingerprint density at radius 1 is 1.26 bits per heavy atom. The summed E-state index contributed by atoms with van der Waals surface area (Å²) in [6.07, 6.45) is 4.25. The SMILES string of the molecule is Nc1nc2ccc(F)cc2n1CCCn1ccnn1. The molecule has 0 atom stereocenters. The maximum absolute atomic E-state index is 13.3. The first-order valence-corrected chi connectivity index (χ1v) is 5.99. The third kappa shape index (κ3) is 2.26. The summed E-state index contributed by atoms with van der Waals surface area (Å²) in [4.78, 5) is 4.21. The van der Waals surface area contributed by atoms with Crippen molar-refractivity contribution in [3.05, 3.63) is 36.4 Å². The predicted molar refractivity (Wildman–Crippen MR) is 68.7 cm³/mol. The van der Waals surface area contributed by atoms with E-state index in [1.54, 1.807) is 23.1 Å². The number of hydrogen-bond acceptors (Lipinski definition) is 4. The molecule has 0 unspecified atom stereocenters. The first kappa shape index (κ1) is 11.6. The molecule has 0 amide bonds. The lowest BCUT2D eigenvalue weighted by Gasteiger charge is -2.06. The van der Waals surface area contributed by atoms with Crippen LogP contribution in [0.5, 0.6) is 0 Å². The molecule has 0 aliphatic rings. The van der Waals surface area contributed by atoms with Crippen molar-refractivity contribution in [3.8, 4) is 0 Å². The van der Waals surface area contributed by atoms with Gasteiger partial charge in [0, 0.05) is 19.3 Å². The molecule has 0 spiro atoms. The Hall–Kier alpha value is -2.44. The van der Waals surface area contributed by atoms with Crippen LogP contribution in [0, 0.1) is 5.82 Å². The van der Waals surface area contributed by atoms with E-state index in [0.717, 1.165) is 18.5 Å². The third-order valence-corrected chi connectivity index (χ3v) is 2.98. The summed E-state index contributed by atoms with van der Waals surface area (Å²) >= 11 is 0. The van der Waals surface area contributed by atoms with Crippen molar-refractivity contribution >= 4 is 17.0 Å². The van der Waals surface area contributed by atoms with Crippen LogP contribution in [0.2, 0.25) is 0 Å². The number of rotatable bonds is 4. The number of fused-ring (bicyclic) bond motifs is 1. The molecule has 2 heterocycles. The van der Waals surface area contributed by atoms with E-state index in [4.69, 9.17) is 5.73 Å². The number of anilines is 1. The van der Waals surface area contributed by atoms with Gasteiger partial charge in [0.1, 0.15) is 5.82 Å². The minimum Gasteiger partial charge on any atom is -0.369 e. The molecule has 0 aliphatic heterocycles. The molecule has 98 valence electrons. The summed E-state index contributed by atoms with van der Waals surface area (Å²) in [6.45, 7) is 1.39. The summed E-state index contributed by atoms with van der Waals surface area (Å²) in [5, 5.41) is 7.62. The molecule has 7 heteroatoms. The van der Waals surface area contributed by atoms with Gasteiger partial charge in [-0.3, -0.25) is 4.68 Å². The molecule has 0 bridgehead atoms. The summed E-state index contributed by atoms with van der Waals surface area (Å²) < 4.78 is 16.8. The highest BCUT2D eigenvalue weighted by molar-refractivity contribution is 5.78. The summed E-state index contributed by atoms with van der Waals surface area (Å²) in [5.74, 6) is 0.115. The molecule has 19 heavy (non-hydrogen) atoms. The van der Waals surface area contributed by atoms with Gasteiger partial charge in [0.15, 0.2) is 0 Å². The maximum atomic E-state index is 13.3. The average molecular weight is 260 g/mol. The minimum absolute atomic E-state index is 0.287. The molecule has 3 aromatic rings. The van der Waals surface area contributed by atoms with Crippen LogP contribution in [0.25, 0.3) is 11.0 Å². The van der Waals surface area contributed by atoms with Crippen LogP contribution in [0.3, 0.4) is 0 Å². The zero-order chi connectivity index (χ0) is 13.2. The van der Waals surface area contributed by atoms with Crippen LogP contribution in [-0.4, -0.2) is 24.5 Å². The van der Waals surface area contributed by atoms with E-state index < -0.39 is 0 Å². The number of halogens is 1. The number of hydrogen-bond donors (Lipinski definition) is 1. The van der Waals surface area contributed by atoms with Crippen molar-refractivity contribution in [3.63, 3.8) is 0 Å². The molecule has 2 aromatic heterocycles. The van der Waals surface area contributed by atoms with Gasteiger partial charge in [-0.25, -0.2) is 9.37 Å². The van der Waals surface area contributed by atoms with Crippen molar-refractivity contribution < 1.29 is 4.39 Å². The van der Waals surface area contributed by atoms with Gasteiger partial charge in [0.05, 0.1) is 17.2 Å². The second kappa shape index (κ2) is 4.68. The van der Waals surface area contributed by atoms with Crippen LogP contribution in [0.1, 0.15) is 6.42 Å². The summed E-state index contributed by atoms with van der Waals surface area (Å²) in [5.41, 5.74) is 7.28. The normalized spacial score (nSPS) is 11.2. The first-order valence-electron chi connectivity index (χ1n) is 5.99. The van der Waals surface area contributed by atoms with Gasteiger partial charge in [-0.15, -0.1) is 5.10 Å². The molecule has 0 fully saturated rings. The fourth-order valence-corrected chi connectivity index (χ4v) is 2.09. The Labute approximate surface area is 108 Å². The van der Waals surface area contributed by atoms with E-state index in [1.807, 2.05) is 4.57 Å². The monoisotopic (exact) mass is 260 g/mol. The molecule has 1 aromatic carbocycles. The molecule has 0 saturated carbocycles. The van der Waals surface area contributed by atoms with Gasteiger partial charge < -0.3 is 10.3 Å². The van der Waals surface area contributed by atoms with Crippen molar-refractivity contribution in [2.45, 2.75) is 19.5 Å². The van der Waals surface area contributed by atoms with E-state index in [9.17, 15) is 4.39 Å². The van der Waals surface area contributed by atoms with E-state index in [2.05, 4.69) is 15.3 Å². The number of nitrogens with zero attached hydrogens (tertiary/aromatic N) is 5. The van der Waals surface area contributed by atoms with Gasteiger partial charge in [0.2, 0.25) is 5.95 Å². The topological polar surface area (TPSA) is 74.5 Å². The van der Waals surface area contributed by atoms with Crippen LogP contribution in [0.4, 0.5) is 10.3 Å². The Balaban J connectivity index is 1.80. The Morgan fingerprint density at radius 3 is 2.95 bits per heavy atom. The molecular formula is C12H13FN6. The van der Waals surface area contributed by atoms with Gasteiger partial charge in [-0.05, 0) is 24.6 Å². The quantitative estimate of drug-likeness (QED) is 0.770. The van der Waals surface area contributed by atoms with Crippen LogP contribution in [0.15, 0.2) is 30.6 Å². The van der Waals surface area contributed by atoms with Crippen LogP contribution in [-0.2, 0) is 13.1 Å². The van der Waals surface area contributed by atoms with E-state index in [0.29, 0.717) is 18.0 Å². The number of imidazole rings is 1. The second-order valence-electron chi connectivity index (χ2n) is 4.27. The largest absolute Gasteiger partial charge is 0.369 e. The number of benzene rings is 1. The molecule has 0 radical (unpaired) electrons. The molecule has 0 aliphatic carbocycles. The van der Waals surface area contributed by atoms with Gasteiger partial charge >= 0.3 is 0 Å². The summed E-state index contributed by atoms with van der Waals surface area (Å²) in [6, 6.07) is 4.47. The fraction of sp³-hybridized carbons (Fsp3) is 0.250. The lowest BCUT2D eigenvalue weighted by atomic mass is 10.3. The standard InChI is InChI=1S/C12H13FN6/c13-9-2-3-10-11(8-9)19(12(14)16-10)6-1-5-18-7-4-15-17-18/h2-4,7-8H,1,5-6H2,(H2,14,16). The highest BCUT2D eigenvalue weighted by Crippen LogP contribution is 2.19. The highest BCUT2D eigenvalue weighted by atomic mass is 19.1. The maximum Gasteiger partial charge on any atom is 0.201 e. The van der Waals surface area contributed by atoms with Gasteiger partial charge in [0.25, 0.3) is 0 Å². The lowest BCUT2D eigenvalue weighted by Crippen LogP contribution is -2.07. The third-order valence-electron chi connectivity index (χ3n) is 2.98. The number of aryl methyl sites for hydroxylation is 2. The predicted octanol–water partition coefficient (Wildman–Crippen LogP) is 1.44. The highest BCUT2D eigenvalue weighted by Gasteiger charge is 2.08. The first-order chi connectivity index (χ1) is 9.24. The zero-order valence-corrected chi connectivity index (χ0v) is 10.2. The fourth-order valence-electron chi connectivity index (χ4n) is 2.09. The van der Waals surface area contributed by atoms with Gasteiger partial charge in [-0.2, -0.15) is 0 Å². The van der Waals surface area contributed by atoms with Crippen LogP contribution < -0.4 is 5.73 Å². The number of aromatic nitrogens is 5. The molecule has 6 nitrogen and oxygen atoms in total. The minimum atomic E-state index is -0.287. The summed E-state index contributed by atoms with van der Waals surface area (Å²) in [7, 11) is 0. The van der Waals surface area contributed by atoms with Gasteiger partial charge in [-0.1, -0.05) is 5.21 Å². The van der Waals surface area contributed by atoms with Crippen LogP contribution >= 0.6 is 0 Å². The Kier molecular flexibility index (Phi) is 2.86. The van der Waals surface area contributed by atoms with E-state index >= 15 is 0 Å². The van der Waals surface area contributed by atoms with Crippen molar-refractivity contribution in [2.24, 2.45) is 0 Å². The smallest absolute Gasteiger partial charge is 0.201 e. The Morgan fingerprint density at radius 2 is 2.16 bits per heavy atom. The number of nitrogens with two attached hydrogens (primary N) is 1. The molecule has 0 saturated heterocycles. The molecule has 2 N–H and O–H groups in total. The average Bonchev–Trinajstić information content (AvgIpc) is 2.99. The van der Waals surface area contributed by atoms with Crippen molar-refractivity contribution in [2.75, 3.05) is 5.73 Å². The van der Waals surface area contributed by atoms with E-state index in [1.165, 1.54) is 12.1 Å². The van der Waals surface area contributed by atoms with E-state index in [-0.39, 0.29) is 5.82 Å². The molecule has 3 rings (SSSR count). The number of nitrogen functional groups attached to an aromatic ring is 1. The second-order valence-corrected chi connectivity index (χ2v) is 4.27. The Bertz CT molecular complexity index is 688. The zero-order valence-electron chi connectivity index (χ0n) is 10.2. The van der Waals surface area contributed by atoms with Crippen molar-refractivity contribution in [1.82, 2.24) is 24.5 Å².